The van der Waals surface area contributed by atoms with Gasteiger partial charge in [0.15, 0.2) is 0 Å². The van der Waals surface area contributed by atoms with Crippen molar-refractivity contribution in [3.05, 3.63) is 99.7 Å². The summed E-state index contributed by atoms with van der Waals surface area (Å²) in [5, 5.41) is 0.477. The monoisotopic (exact) mass is 548 g/mol. The summed E-state index contributed by atoms with van der Waals surface area (Å²) in [5.41, 5.74) is 1.01. The molecule has 0 aromatic heterocycles. The van der Waals surface area contributed by atoms with Crippen LogP contribution in [0.2, 0.25) is 10.0 Å². The largest absolute Gasteiger partial charge is 0.399 e. The molecule has 2 aromatic carbocycles. The van der Waals surface area contributed by atoms with E-state index in [0.717, 1.165) is 30.5 Å². The quantitative estimate of drug-likeness (QED) is 0.145. The SMILES string of the molecule is C=CN(NC1(C=C)CC1)C(F)(F)c1cc(/C(F)=C/C(c2cc(C)c(Cl)c(Cl)c2)C(F)(F)F)ccc1C. The minimum absolute atomic E-state index is 0.0843. The Hall–Kier alpha value is -2.42. The zero-order valence-corrected chi connectivity index (χ0v) is 21.0. The van der Waals surface area contributed by atoms with E-state index in [2.05, 4.69) is 18.6 Å². The average Bonchev–Trinajstić information content (AvgIpc) is 3.58. The first-order valence-corrected chi connectivity index (χ1v) is 11.6. The summed E-state index contributed by atoms with van der Waals surface area (Å²) in [6.07, 6.45) is -0.931. The van der Waals surface area contributed by atoms with E-state index in [0.29, 0.717) is 23.9 Å². The fourth-order valence-corrected chi connectivity index (χ4v) is 4.13. The van der Waals surface area contributed by atoms with Gasteiger partial charge in [0, 0.05) is 17.3 Å². The van der Waals surface area contributed by atoms with Crippen LogP contribution in [0.25, 0.3) is 5.83 Å². The van der Waals surface area contributed by atoms with Gasteiger partial charge in [0.1, 0.15) is 11.7 Å². The predicted octanol–water partition coefficient (Wildman–Crippen LogP) is 8.98. The molecule has 3 rings (SSSR count). The number of hydrogen-bond acceptors (Lipinski definition) is 2. The van der Waals surface area contributed by atoms with Crippen molar-refractivity contribution in [2.45, 2.75) is 50.4 Å². The lowest BCUT2D eigenvalue weighted by atomic mass is 9.94. The van der Waals surface area contributed by atoms with E-state index in [1.165, 1.54) is 26.0 Å². The molecule has 10 heteroatoms. The van der Waals surface area contributed by atoms with Gasteiger partial charge in [-0.2, -0.15) is 22.0 Å². The van der Waals surface area contributed by atoms with Crippen LogP contribution in [0.5, 0.6) is 0 Å². The van der Waals surface area contributed by atoms with Crippen molar-refractivity contribution >= 4 is 29.0 Å². The molecule has 1 N–H and O–H groups in total. The molecule has 0 heterocycles. The molecule has 36 heavy (non-hydrogen) atoms. The molecule has 0 saturated heterocycles. The van der Waals surface area contributed by atoms with Crippen LogP contribution < -0.4 is 5.43 Å². The zero-order valence-electron chi connectivity index (χ0n) is 19.5. The number of hydrazine groups is 1. The van der Waals surface area contributed by atoms with Crippen LogP contribution in [-0.4, -0.2) is 16.7 Å². The van der Waals surface area contributed by atoms with Gasteiger partial charge in [-0.05, 0) is 61.6 Å². The Kier molecular flexibility index (Phi) is 7.94. The van der Waals surface area contributed by atoms with Crippen LogP contribution in [-0.2, 0) is 6.05 Å². The molecule has 194 valence electrons. The summed E-state index contributed by atoms with van der Waals surface area (Å²) in [7, 11) is 0. The number of aryl methyl sites for hydroxylation is 2. The van der Waals surface area contributed by atoms with E-state index in [-0.39, 0.29) is 26.7 Å². The first-order valence-electron chi connectivity index (χ1n) is 10.9. The maximum Gasteiger partial charge on any atom is 0.399 e. The normalized spacial score (nSPS) is 16.4. The highest BCUT2D eigenvalue weighted by Crippen LogP contribution is 2.43. The smallest absolute Gasteiger partial charge is 0.249 e. The second-order valence-electron chi connectivity index (χ2n) is 8.76. The van der Waals surface area contributed by atoms with Gasteiger partial charge in [-0.25, -0.2) is 14.8 Å². The van der Waals surface area contributed by atoms with Crippen molar-refractivity contribution in [1.82, 2.24) is 10.4 Å². The van der Waals surface area contributed by atoms with Crippen LogP contribution in [0.3, 0.4) is 0 Å². The third kappa shape index (κ3) is 5.76. The molecule has 0 bridgehead atoms. The molecule has 1 aliphatic rings. The van der Waals surface area contributed by atoms with Gasteiger partial charge in [0.05, 0.1) is 15.6 Å². The molecule has 1 saturated carbocycles. The second-order valence-corrected chi connectivity index (χ2v) is 9.55. The third-order valence-electron chi connectivity index (χ3n) is 6.10. The first kappa shape index (κ1) is 28.2. The van der Waals surface area contributed by atoms with Crippen molar-refractivity contribution in [2.24, 2.45) is 0 Å². The minimum Gasteiger partial charge on any atom is -0.249 e. The number of rotatable bonds is 9. The van der Waals surface area contributed by atoms with Gasteiger partial charge in [0.2, 0.25) is 0 Å². The van der Waals surface area contributed by atoms with Gasteiger partial charge in [-0.1, -0.05) is 54.1 Å². The number of benzene rings is 2. The molecular weight excluding hydrogens is 525 g/mol. The minimum atomic E-state index is -4.88. The highest BCUT2D eigenvalue weighted by Gasteiger charge is 2.47. The standard InChI is InChI=1S/C26H24Cl2F6N2/c1-5-24(9-10-24)35-36(6-2)26(33,34)19-12-17(8-7-15(19)3)22(29)14-20(25(30,31)32)18-11-16(4)23(28)21(27)13-18/h5-8,11-14,20,35H,1-2,9-10H2,3-4H3/b22-14-. The highest BCUT2D eigenvalue weighted by atomic mass is 35.5. The maximum absolute atomic E-state index is 15.5. The van der Waals surface area contributed by atoms with Crippen molar-refractivity contribution in [3.63, 3.8) is 0 Å². The molecule has 0 amide bonds. The molecule has 1 aliphatic carbocycles. The Morgan fingerprint density at radius 3 is 2.19 bits per heavy atom. The summed E-state index contributed by atoms with van der Waals surface area (Å²) in [6, 6.07) is 1.68. The number of nitrogens with one attached hydrogen (secondary N) is 1. The van der Waals surface area contributed by atoms with Crippen LogP contribution in [0.1, 0.15) is 46.6 Å². The summed E-state index contributed by atoms with van der Waals surface area (Å²) in [5.74, 6) is -3.70. The van der Waals surface area contributed by atoms with Gasteiger partial charge in [0.25, 0.3) is 0 Å². The molecule has 2 aromatic rings. The van der Waals surface area contributed by atoms with Crippen molar-refractivity contribution in [3.8, 4) is 0 Å². The predicted molar refractivity (Wildman–Crippen MR) is 131 cm³/mol. The summed E-state index contributed by atoms with van der Waals surface area (Å²) in [6.45, 7) is 9.94. The van der Waals surface area contributed by atoms with E-state index in [1.807, 2.05) is 0 Å². The van der Waals surface area contributed by atoms with Crippen LogP contribution in [0.15, 0.2) is 61.8 Å². The topological polar surface area (TPSA) is 15.3 Å². The molecule has 1 fully saturated rings. The molecule has 0 radical (unpaired) electrons. The fraction of sp³-hybridized carbons (Fsp3) is 0.308. The summed E-state index contributed by atoms with van der Waals surface area (Å²) in [4.78, 5) is 0. The van der Waals surface area contributed by atoms with Gasteiger partial charge < -0.3 is 0 Å². The lowest BCUT2D eigenvalue weighted by molar-refractivity contribution is -0.159. The van der Waals surface area contributed by atoms with Crippen molar-refractivity contribution in [1.29, 1.82) is 0 Å². The first-order chi connectivity index (χ1) is 16.6. The van der Waals surface area contributed by atoms with Gasteiger partial charge in [-0.15, -0.1) is 6.58 Å². The van der Waals surface area contributed by atoms with Crippen LogP contribution in [0.4, 0.5) is 26.3 Å². The Labute approximate surface area is 215 Å². The van der Waals surface area contributed by atoms with Gasteiger partial charge >= 0.3 is 12.2 Å². The molecule has 0 aliphatic heterocycles. The van der Waals surface area contributed by atoms with E-state index in [1.54, 1.807) is 0 Å². The lowest BCUT2D eigenvalue weighted by Gasteiger charge is -2.34. The molecule has 0 spiro atoms. The second kappa shape index (κ2) is 10.1. The number of alkyl halides is 5. The Balaban J connectivity index is 2.03. The number of halogens is 8. The Bertz CT molecular complexity index is 1180. The molecule has 2 nitrogen and oxygen atoms in total. The molecular formula is C26H24Cl2F6N2. The van der Waals surface area contributed by atoms with Crippen molar-refractivity contribution < 1.29 is 26.3 Å². The van der Waals surface area contributed by atoms with E-state index >= 15 is 13.2 Å². The number of allylic oxidation sites excluding steroid dienone is 1. The fourth-order valence-electron chi connectivity index (χ4n) is 3.75. The lowest BCUT2D eigenvalue weighted by Crippen LogP contribution is -2.50. The van der Waals surface area contributed by atoms with Crippen LogP contribution >= 0.6 is 23.2 Å². The number of hydrogen-bond donors (Lipinski definition) is 1. The highest BCUT2D eigenvalue weighted by molar-refractivity contribution is 6.42. The molecule has 1 unspecified atom stereocenters. The number of nitrogens with zero attached hydrogens (tertiary/aromatic N) is 1. The Morgan fingerprint density at radius 1 is 1.06 bits per heavy atom. The Morgan fingerprint density at radius 2 is 1.69 bits per heavy atom. The van der Waals surface area contributed by atoms with Gasteiger partial charge in [-0.3, -0.25) is 0 Å². The summed E-state index contributed by atoms with van der Waals surface area (Å²) >= 11 is 11.9. The zero-order chi connectivity index (χ0) is 27.1. The average molecular weight is 549 g/mol. The van der Waals surface area contributed by atoms with E-state index < -0.39 is 40.6 Å². The summed E-state index contributed by atoms with van der Waals surface area (Å²) < 4.78 is 87.8. The maximum atomic E-state index is 15.5. The van der Waals surface area contributed by atoms with E-state index in [4.69, 9.17) is 23.2 Å². The van der Waals surface area contributed by atoms with Crippen LogP contribution in [0, 0.1) is 13.8 Å². The third-order valence-corrected chi connectivity index (χ3v) is 7.00. The van der Waals surface area contributed by atoms with Crippen molar-refractivity contribution in [2.75, 3.05) is 0 Å². The molecule has 1 atom stereocenters. The van der Waals surface area contributed by atoms with E-state index in [9.17, 15) is 13.2 Å².